The molecular weight excluding hydrogens is 454 g/mol. The third-order valence-corrected chi connectivity index (χ3v) is 6.06. The van der Waals surface area contributed by atoms with Crippen LogP contribution in [0.4, 0.5) is 14.5 Å². The highest BCUT2D eigenvalue weighted by molar-refractivity contribution is 7.92. The van der Waals surface area contributed by atoms with Crippen LogP contribution in [-0.4, -0.2) is 27.4 Å². The van der Waals surface area contributed by atoms with E-state index in [-0.39, 0.29) is 22.6 Å². The summed E-state index contributed by atoms with van der Waals surface area (Å²) in [4.78, 5) is 24.5. The number of ether oxygens (including phenoxy) is 1. The number of amides is 1. The van der Waals surface area contributed by atoms with Crippen LogP contribution < -0.4 is 10.0 Å². The number of hydrogen-bond donors (Lipinski definition) is 2. The van der Waals surface area contributed by atoms with Gasteiger partial charge in [-0.25, -0.2) is 17.2 Å². The number of methoxy groups -OCH3 is 1. The van der Waals surface area contributed by atoms with Crippen molar-refractivity contribution in [2.75, 3.05) is 11.8 Å². The summed E-state index contributed by atoms with van der Waals surface area (Å²) < 4.78 is 58.7. The molecule has 0 aliphatic carbocycles. The number of esters is 1. The van der Waals surface area contributed by atoms with Gasteiger partial charge in [0.1, 0.15) is 11.6 Å². The summed E-state index contributed by atoms with van der Waals surface area (Å²) in [6.45, 7) is 0. The van der Waals surface area contributed by atoms with E-state index in [9.17, 15) is 26.8 Å². The highest BCUT2D eigenvalue weighted by Crippen LogP contribution is 2.21. The van der Waals surface area contributed by atoms with Gasteiger partial charge in [0.25, 0.3) is 15.9 Å². The van der Waals surface area contributed by atoms with Crippen molar-refractivity contribution < 1.29 is 31.5 Å². The highest BCUT2D eigenvalue weighted by Gasteiger charge is 2.22. The minimum atomic E-state index is -4.06. The fourth-order valence-corrected chi connectivity index (χ4v) is 4.08. The van der Waals surface area contributed by atoms with E-state index < -0.39 is 39.6 Å². The summed E-state index contributed by atoms with van der Waals surface area (Å²) in [6.07, 6.45) is -0.210. The van der Waals surface area contributed by atoms with Crippen molar-refractivity contribution in [3.8, 4) is 0 Å². The molecule has 0 heterocycles. The SMILES string of the molecule is COC(=O)CC(NC(=O)c1cccc(S(=O)(=O)Nc2ccc(F)cc2)c1)c1ccc(F)cc1. The van der Waals surface area contributed by atoms with Crippen molar-refractivity contribution in [3.05, 3.63) is 95.6 Å². The average Bonchev–Trinajstić information content (AvgIpc) is 2.80. The smallest absolute Gasteiger partial charge is 0.307 e. The van der Waals surface area contributed by atoms with Crippen molar-refractivity contribution in [1.82, 2.24) is 5.32 Å². The molecule has 0 aliphatic rings. The van der Waals surface area contributed by atoms with Gasteiger partial charge in [0.05, 0.1) is 24.5 Å². The number of nitrogens with one attached hydrogen (secondary N) is 2. The van der Waals surface area contributed by atoms with Gasteiger partial charge >= 0.3 is 5.97 Å². The van der Waals surface area contributed by atoms with Crippen molar-refractivity contribution in [1.29, 1.82) is 0 Å². The van der Waals surface area contributed by atoms with Gasteiger partial charge in [-0.3, -0.25) is 14.3 Å². The quantitative estimate of drug-likeness (QED) is 0.484. The van der Waals surface area contributed by atoms with Crippen molar-refractivity contribution in [3.63, 3.8) is 0 Å². The average molecular weight is 474 g/mol. The maximum Gasteiger partial charge on any atom is 0.307 e. The van der Waals surface area contributed by atoms with E-state index >= 15 is 0 Å². The van der Waals surface area contributed by atoms with Crippen LogP contribution in [0.2, 0.25) is 0 Å². The van der Waals surface area contributed by atoms with E-state index in [1.54, 1.807) is 0 Å². The van der Waals surface area contributed by atoms with E-state index in [2.05, 4.69) is 14.8 Å². The molecule has 0 saturated heterocycles. The number of rotatable bonds is 8. The van der Waals surface area contributed by atoms with E-state index in [1.165, 1.54) is 67.8 Å². The van der Waals surface area contributed by atoms with Crippen LogP contribution in [0, 0.1) is 11.6 Å². The fourth-order valence-electron chi connectivity index (χ4n) is 2.98. The lowest BCUT2D eigenvalue weighted by Crippen LogP contribution is -2.30. The van der Waals surface area contributed by atoms with Gasteiger partial charge in [0, 0.05) is 11.3 Å². The molecule has 0 saturated carbocycles. The molecule has 0 spiro atoms. The number of benzene rings is 3. The molecule has 0 aliphatic heterocycles. The van der Waals surface area contributed by atoms with Crippen LogP contribution in [0.5, 0.6) is 0 Å². The zero-order valence-electron chi connectivity index (χ0n) is 17.4. The molecule has 10 heteroatoms. The number of halogens is 2. The largest absolute Gasteiger partial charge is 0.469 e. The second-order valence-electron chi connectivity index (χ2n) is 7.00. The standard InChI is InChI=1S/C23H20F2N2O5S/c1-32-22(28)14-21(15-5-7-17(24)8-6-15)26-23(29)16-3-2-4-20(13-16)33(30,31)27-19-11-9-18(25)10-12-19/h2-13,21,27H,14H2,1H3,(H,26,29). The van der Waals surface area contributed by atoms with Crippen LogP contribution in [0.25, 0.3) is 0 Å². The molecule has 3 aromatic carbocycles. The summed E-state index contributed by atoms with van der Waals surface area (Å²) >= 11 is 0. The lowest BCUT2D eigenvalue weighted by molar-refractivity contribution is -0.141. The van der Waals surface area contributed by atoms with Crippen LogP contribution >= 0.6 is 0 Å². The Bertz CT molecular complexity index is 1250. The molecule has 1 unspecified atom stereocenters. The Hall–Kier alpha value is -3.79. The predicted molar refractivity (Wildman–Crippen MR) is 117 cm³/mol. The summed E-state index contributed by atoms with van der Waals surface area (Å²) in [7, 11) is -2.86. The molecule has 0 radical (unpaired) electrons. The first-order chi connectivity index (χ1) is 15.7. The monoisotopic (exact) mass is 474 g/mol. The second-order valence-corrected chi connectivity index (χ2v) is 8.68. The zero-order valence-corrected chi connectivity index (χ0v) is 18.2. The van der Waals surface area contributed by atoms with Crippen molar-refractivity contribution in [2.45, 2.75) is 17.4 Å². The maximum absolute atomic E-state index is 13.3. The van der Waals surface area contributed by atoms with Gasteiger partial charge in [-0.15, -0.1) is 0 Å². The third kappa shape index (κ3) is 6.36. The zero-order chi connectivity index (χ0) is 24.0. The summed E-state index contributed by atoms with van der Waals surface area (Å²) in [5.41, 5.74) is 0.645. The molecule has 7 nitrogen and oxygen atoms in total. The number of sulfonamides is 1. The summed E-state index contributed by atoms with van der Waals surface area (Å²) in [5.74, 6) is -2.23. The first-order valence-electron chi connectivity index (χ1n) is 9.69. The van der Waals surface area contributed by atoms with Crippen molar-refractivity contribution in [2.24, 2.45) is 0 Å². The highest BCUT2D eigenvalue weighted by atomic mass is 32.2. The lowest BCUT2D eigenvalue weighted by Gasteiger charge is -2.18. The fraction of sp³-hybridized carbons (Fsp3) is 0.130. The molecule has 3 rings (SSSR count). The molecule has 0 fully saturated rings. The number of carbonyl (C=O) groups excluding carboxylic acids is 2. The molecule has 0 aromatic heterocycles. The van der Waals surface area contributed by atoms with Gasteiger partial charge < -0.3 is 10.1 Å². The molecule has 1 amide bonds. The van der Waals surface area contributed by atoms with E-state index in [0.29, 0.717) is 5.56 Å². The molecule has 33 heavy (non-hydrogen) atoms. The Labute approximate surface area is 189 Å². The van der Waals surface area contributed by atoms with Gasteiger partial charge in [0.2, 0.25) is 0 Å². The van der Waals surface area contributed by atoms with Gasteiger partial charge in [0.15, 0.2) is 0 Å². The van der Waals surface area contributed by atoms with Crippen LogP contribution in [0.1, 0.15) is 28.4 Å². The number of carbonyl (C=O) groups is 2. The minimum absolute atomic E-state index is 0.0222. The minimum Gasteiger partial charge on any atom is -0.469 e. The molecule has 0 bridgehead atoms. The normalized spacial score (nSPS) is 12.0. The Morgan fingerprint density at radius 2 is 1.55 bits per heavy atom. The van der Waals surface area contributed by atoms with Crippen molar-refractivity contribution >= 4 is 27.6 Å². The third-order valence-electron chi connectivity index (χ3n) is 4.68. The lowest BCUT2D eigenvalue weighted by atomic mass is 10.0. The van der Waals surface area contributed by atoms with Crippen LogP contribution in [-0.2, 0) is 19.6 Å². The Balaban J connectivity index is 1.82. The topological polar surface area (TPSA) is 102 Å². The number of anilines is 1. The Kier molecular flexibility index (Phi) is 7.39. The first kappa shape index (κ1) is 23.9. The summed E-state index contributed by atoms with van der Waals surface area (Å²) in [5, 5.41) is 2.65. The molecular formula is C23H20F2N2O5S. The van der Waals surface area contributed by atoms with E-state index in [4.69, 9.17) is 0 Å². The van der Waals surface area contributed by atoms with Crippen LogP contribution in [0.15, 0.2) is 77.7 Å². The Morgan fingerprint density at radius 1 is 0.939 bits per heavy atom. The van der Waals surface area contributed by atoms with Crippen LogP contribution in [0.3, 0.4) is 0 Å². The van der Waals surface area contributed by atoms with Gasteiger partial charge in [-0.2, -0.15) is 0 Å². The molecule has 3 aromatic rings. The molecule has 172 valence electrons. The maximum atomic E-state index is 13.3. The number of hydrogen-bond acceptors (Lipinski definition) is 5. The molecule has 2 N–H and O–H groups in total. The Morgan fingerprint density at radius 3 is 2.15 bits per heavy atom. The van der Waals surface area contributed by atoms with Gasteiger partial charge in [-0.05, 0) is 60.2 Å². The van der Waals surface area contributed by atoms with E-state index in [0.717, 1.165) is 12.1 Å². The first-order valence-corrected chi connectivity index (χ1v) is 11.2. The second kappa shape index (κ2) is 10.2. The van der Waals surface area contributed by atoms with Gasteiger partial charge in [-0.1, -0.05) is 18.2 Å². The summed E-state index contributed by atoms with van der Waals surface area (Å²) in [6, 6.07) is 14.4. The predicted octanol–water partition coefficient (Wildman–Crippen LogP) is 3.80. The van der Waals surface area contributed by atoms with E-state index in [1.807, 2.05) is 0 Å². The molecule has 1 atom stereocenters.